The van der Waals surface area contributed by atoms with Gasteiger partial charge in [0.25, 0.3) is 5.69 Å². The first-order valence-electron chi connectivity index (χ1n) is 10.9. The maximum atomic E-state index is 13.5. The van der Waals surface area contributed by atoms with Crippen molar-refractivity contribution in [1.29, 1.82) is 0 Å². The third-order valence-electron chi connectivity index (χ3n) is 5.59. The average molecular weight is 688 g/mol. The minimum absolute atomic E-state index is 0.126. The quantitative estimate of drug-likeness (QED) is 0.0575. The highest BCUT2D eigenvalue weighted by Crippen LogP contribution is 2.41. The molecule has 0 saturated heterocycles. The smallest absolute Gasteiger partial charge is 0.345 e. The lowest BCUT2D eigenvalue weighted by Gasteiger charge is -2.12. The number of esters is 1. The number of nitro groups is 2. The van der Waals surface area contributed by atoms with E-state index < -0.39 is 32.7 Å². The minimum atomic E-state index is -1.08. The minimum Gasteiger partial charge on any atom is -0.415 e. The number of hydrogen-bond acceptors (Lipinski definition) is 9. The van der Waals surface area contributed by atoms with Crippen molar-refractivity contribution in [3.05, 3.63) is 118 Å². The summed E-state index contributed by atoms with van der Waals surface area (Å²) in [5.41, 5.74) is -1.68. The summed E-state index contributed by atoms with van der Waals surface area (Å²) < 4.78 is 7.98. The van der Waals surface area contributed by atoms with Crippen molar-refractivity contribution in [2.45, 2.75) is 9.79 Å². The van der Waals surface area contributed by atoms with Crippen LogP contribution in [0.25, 0.3) is 20.2 Å². The van der Waals surface area contributed by atoms with Crippen LogP contribution in [-0.4, -0.2) is 15.8 Å². The van der Waals surface area contributed by atoms with Crippen molar-refractivity contribution in [3.8, 4) is 5.75 Å². The number of hydrogen-bond donors (Lipinski definition) is 0. The van der Waals surface area contributed by atoms with Crippen LogP contribution in [0.5, 0.6) is 5.75 Å². The Morgan fingerprint density at radius 2 is 1.62 bits per heavy atom. The molecule has 5 aromatic rings. The highest BCUT2D eigenvalue weighted by Gasteiger charge is 2.27. The second-order valence-electron chi connectivity index (χ2n) is 7.95. The van der Waals surface area contributed by atoms with Crippen LogP contribution in [0.15, 0.2) is 96.3 Å². The summed E-state index contributed by atoms with van der Waals surface area (Å²) in [6, 6.07) is 18.5. The van der Waals surface area contributed by atoms with E-state index in [1.807, 2.05) is 6.07 Å². The van der Waals surface area contributed by atoms with Gasteiger partial charge in [0.1, 0.15) is 0 Å². The van der Waals surface area contributed by atoms with E-state index in [1.165, 1.54) is 29.5 Å². The molecule has 1 aromatic heterocycles. The summed E-state index contributed by atoms with van der Waals surface area (Å²) in [5.74, 6) is -1.60. The van der Waals surface area contributed by atoms with E-state index in [4.69, 9.17) is 4.74 Å². The molecule has 0 amide bonds. The molecule has 194 valence electrons. The number of halogens is 2. The molecule has 0 aliphatic heterocycles. The molecule has 0 spiro atoms. The van der Waals surface area contributed by atoms with Crippen molar-refractivity contribution in [1.82, 2.24) is 0 Å². The Kier molecular flexibility index (Phi) is 7.49. The summed E-state index contributed by atoms with van der Waals surface area (Å²) in [7, 11) is 0. The van der Waals surface area contributed by atoms with Crippen LogP contribution >= 0.6 is 55.0 Å². The van der Waals surface area contributed by atoms with Crippen molar-refractivity contribution in [2.24, 2.45) is 0 Å². The van der Waals surface area contributed by atoms with Crippen LogP contribution in [-0.2, 0) is 0 Å². The second kappa shape index (κ2) is 10.8. The molecule has 13 heteroatoms. The number of benzene rings is 4. The maximum absolute atomic E-state index is 13.5. The van der Waals surface area contributed by atoms with Gasteiger partial charge >= 0.3 is 11.7 Å². The lowest BCUT2D eigenvalue weighted by molar-refractivity contribution is -0.385. The fraction of sp³-hybridized carbons (Fsp3) is 0. The predicted molar refractivity (Wildman–Crippen MR) is 156 cm³/mol. The number of carbonyl (C=O) groups is 1. The van der Waals surface area contributed by atoms with Crippen LogP contribution in [0.4, 0.5) is 11.4 Å². The summed E-state index contributed by atoms with van der Waals surface area (Å²) in [5, 5.41) is 23.6. The van der Waals surface area contributed by atoms with E-state index in [0.29, 0.717) is 24.2 Å². The van der Waals surface area contributed by atoms with Gasteiger partial charge in [0.05, 0.1) is 25.5 Å². The Morgan fingerprint density at radius 1 is 0.872 bits per heavy atom. The molecular weight excluding hydrogens is 676 g/mol. The van der Waals surface area contributed by atoms with Gasteiger partial charge in [-0.3, -0.25) is 25.0 Å². The van der Waals surface area contributed by atoms with Crippen molar-refractivity contribution in [2.75, 3.05) is 0 Å². The Hall–Kier alpha value is -3.65. The number of non-ortho nitro benzene ring substituents is 1. The van der Waals surface area contributed by atoms with Gasteiger partial charge in [0.2, 0.25) is 5.75 Å². The zero-order valence-corrected chi connectivity index (χ0v) is 24.1. The van der Waals surface area contributed by atoms with Gasteiger partial charge in [-0.05, 0) is 68.3 Å². The first-order valence-corrected chi connectivity index (χ1v) is 14.1. The number of rotatable bonds is 6. The number of fused-ring (bicyclic) bond motifs is 2. The lowest BCUT2D eigenvalue weighted by atomic mass is 10.1. The number of ether oxygens (including phenoxy) is 1. The Bertz CT molecular complexity index is 1910. The standard InChI is InChI=1S/C26H12Br2N2O7S2/c27-16-5-1-2-7-20(16)38-19-10-8-13(29(33)34)12-15(19)26(32)37-24-18(30(35)36)9-11-21-22(24)23(31)14-4-3-6-17(28)25(14)39-21/h1-12H. The summed E-state index contributed by atoms with van der Waals surface area (Å²) >= 11 is 9.21. The zero-order valence-electron chi connectivity index (χ0n) is 19.3. The molecule has 0 N–H and O–H groups in total. The molecule has 0 saturated carbocycles. The molecule has 5 rings (SSSR count). The monoisotopic (exact) mass is 686 g/mol. The SMILES string of the molecule is O=C(Oc1c([N+](=O)[O-])ccc2sc3c(Br)cccc3c(=O)c12)c1cc([N+](=O)[O-])ccc1Sc1ccccc1Br. The topological polar surface area (TPSA) is 130 Å². The molecule has 1 heterocycles. The van der Waals surface area contributed by atoms with Gasteiger partial charge in [0, 0.05) is 47.0 Å². The molecule has 0 fully saturated rings. The van der Waals surface area contributed by atoms with Gasteiger partial charge < -0.3 is 4.74 Å². The third kappa shape index (κ3) is 5.17. The molecule has 0 bridgehead atoms. The van der Waals surface area contributed by atoms with Crippen molar-refractivity contribution in [3.63, 3.8) is 0 Å². The van der Waals surface area contributed by atoms with E-state index in [-0.39, 0.29) is 16.6 Å². The van der Waals surface area contributed by atoms with Crippen LogP contribution in [0.1, 0.15) is 10.4 Å². The fourth-order valence-corrected chi connectivity index (χ4v) is 6.96. The number of nitro benzene ring substituents is 2. The van der Waals surface area contributed by atoms with Crippen LogP contribution in [0.3, 0.4) is 0 Å². The van der Waals surface area contributed by atoms with E-state index in [9.17, 15) is 29.8 Å². The van der Waals surface area contributed by atoms with Crippen LogP contribution < -0.4 is 10.2 Å². The highest BCUT2D eigenvalue weighted by molar-refractivity contribution is 9.11. The molecule has 39 heavy (non-hydrogen) atoms. The summed E-state index contributed by atoms with van der Waals surface area (Å²) in [6.45, 7) is 0. The Balaban J connectivity index is 1.69. The first-order chi connectivity index (χ1) is 18.7. The molecule has 9 nitrogen and oxygen atoms in total. The van der Waals surface area contributed by atoms with Crippen molar-refractivity contribution >= 4 is 92.5 Å². The van der Waals surface area contributed by atoms with E-state index >= 15 is 0 Å². The Morgan fingerprint density at radius 3 is 2.33 bits per heavy atom. The Labute approximate surface area is 244 Å². The second-order valence-corrected chi connectivity index (χ2v) is 11.8. The normalized spacial score (nSPS) is 11.0. The molecule has 0 aliphatic rings. The maximum Gasteiger partial charge on any atom is 0.345 e. The van der Waals surface area contributed by atoms with Crippen molar-refractivity contribution < 1.29 is 19.4 Å². The van der Waals surface area contributed by atoms with Gasteiger partial charge in [-0.15, -0.1) is 11.3 Å². The zero-order chi connectivity index (χ0) is 27.8. The molecular formula is C26H12Br2N2O7S2. The molecule has 4 aromatic carbocycles. The van der Waals surface area contributed by atoms with Crippen LogP contribution in [0, 0.1) is 20.2 Å². The highest BCUT2D eigenvalue weighted by atomic mass is 79.9. The number of nitrogens with zero attached hydrogens (tertiary/aromatic N) is 2. The summed E-state index contributed by atoms with van der Waals surface area (Å²) in [6.07, 6.45) is 0. The fourth-order valence-electron chi connectivity index (χ4n) is 3.81. The largest absolute Gasteiger partial charge is 0.415 e. The van der Waals surface area contributed by atoms with E-state index in [1.54, 1.807) is 36.4 Å². The molecule has 0 unspecified atom stereocenters. The van der Waals surface area contributed by atoms with E-state index in [2.05, 4.69) is 31.9 Å². The lowest BCUT2D eigenvalue weighted by Crippen LogP contribution is -2.14. The van der Waals surface area contributed by atoms with Gasteiger partial charge in [-0.25, -0.2) is 4.79 Å². The van der Waals surface area contributed by atoms with Gasteiger partial charge in [-0.1, -0.05) is 30.0 Å². The third-order valence-corrected chi connectivity index (χ3v) is 9.82. The molecule has 0 radical (unpaired) electrons. The van der Waals surface area contributed by atoms with E-state index in [0.717, 1.165) is 33.3 Å². The predicted octanol–water partition coefficient (Wildman–Crippen LogP) is 8.13. The average Bonchev–Trinajstić information content (AvgIpc) is 2.90. The van der Waals surface area contributed by atoms with Crippen LogP contribution in [0.2, 0.25) is 0 Å². The summed E-state index contributed by atoms with van der Waals surface area (Å²) in [4.78, 5) is 50.1. The van der Waals surface area contributed by atoms with Gasteiger partial charge in [0.15, 0.2) is 5.43 Å². The van der Waals surface area contributed by atoms with Gasteiger partial charge in [-0.2, -0.15) is 0 Å². The molecule has 0 aliphatic carbocycles. The first kappa shape index (κ1) is 26.9. The molecule has 0 atom stereocenters. The number of carbonyl (C=O) groups excluding carboxylic acids is 1.